The summed E-state index contributed by atoms with van der Waals surface area (Å²) in [6.07, 6.45) is -0.0863. The maximum Gasteiger partial charge on any atom is 0.410 e. The van der Waals surface area contributed by atoms with Crippen LogP contribution in [0.1, 0.15) is 27.2 Å². The highest BCUT2D eigenvalue weighted by atomic mass is 16.6. The van der Waals surface area contributed by atoms with Gasteiger partial charge in [0.05, 0.1) is 6.61 Å². The largest absolute Gasteiger partial charge is 0.481 e. The summed E-state index contributed by atoms with van der Waals surface area (Å²) in [6.45, 7) is 5.94. The summed E-state index contributed by atoms with van der Waals surface area (Å²) in [4.78, 5) is 24.6. The second kappa shape index (κ2) is 5.14. The third kappa shape index (κ3) is 3.35. The van der Waals surface area contributed by atoms with Crippen LogP contribution in [0.25, 0.3) is 0 Å². The molecule has 0 saturated carbocycles. The average molecular weight is 259 g/mol. The fourth-order valence-corrected chi connectivity index (χ4v) is 1.99. The van der Waals surface area contributed by atoms with Gasteiger partial charge in [-0.1, -0.05) is 0 Å². The Morgan fingerprint density at radius 3 is 2.44 bits per heavy atom. The van der Waals surface area contributed by atoms with Gasteiger partial charge in [-0.25, -0.2) is 4.79 Å². The lowest BCUT2D eigenvalue weighted by atomic mass is 9.88. The average Bonchev–Trinajstić information content (AvgIpc) is 2.61. The number of ether oxygens (including phenoxy) is 2. The van der Waals surface area contributed by atoms with E-state index in [1.54, 1.807) is 20.8 Å². The number of nitrogens with zero attached hydrogens (tertiary/aromatic N) is 1. The topological polar surface area (TPSA) is 76.1 Å². The molecular formula is C12H21NO5. The molecule has 1 atom stereocenters. The van der Waals surface area contributed by atoms with Crippen molar-refractivity contribution in [2.24, 2.45) is 5.41 Å². The Morgan fingerprint density at radius 2 is 2.00 bits per heavy atom. The predicted octanol–water partition coefficient (Wildman–Crippen LogP) is 1.34. The van der Waals surface area contributed by atoms with Crippen LogP contribution in [-0.2, 0) is 14.3 Å². The van der Waals surface area contributed by atoms with Crippen molar-refractivity contribution in [3.63, 3.8) is 0 Å². The lowest BCUT2D eigenvalue weighted by Gasteiger charge is -2.26. The molecule has 104 valence electrons. The Kier molecular flexibility index (Phi) is 4.21. The molecule has 1 heterocycles. The summed E-state index contributed by atoms with van der Waals surface area (Å²) in [7, 11) is 1.46. The van der Waals surface area contributed by atoms with E-state index in [2.05, 4.69) is 0 Å². The van der Waals surface area contributed by atoms with Gasteiger partial charge in [0.1, 0.15) is 11.0 Å². The number of rotatable bonds is 3. The fraction of sp³-hybridized carbons (Fsp3) is 0.833. The Hall–Kier alpha value is -1.30. The van der Waals surface area contributed by atoms with Gasteiger partial charge in [-0.2, -0.15) is 0 Å². The summed E-state index contributed by atoms with van der Waals surface area (Å²) in [5, 5.41) is 9.27. The van der Waals surface area contributed by atoms with E-state index < -0.39 is 23.1 Å². The van der Waals surface area contributed by atoms with E-state index in [0.29, 0.717) is 13.0 Å². The normalized spacial score (nSPS) is 24.1. The molecular weight excluding hydrogens is 238 g/mol. The number of carbonyl (C=O) groups is 2. The Morgan fingerprint density at radius 1 is 1.39 bits per heavy atom. The van der Waals surface area contributed by atoms with Gasteiger partial charge in [-0.3, -0.25) is 4.79 Å². The van der Waals surface area contributed by atoms with Crippen LogP contribution in [0, 0.1) is 5.41 Å². The minimum absolute atomic E-state index is 0.0988. The highest BCUT2D eigenvalue weighted by Crippen LogP contribution is 2.32. The number of hydrogen-bond donors (Lipinski definition) is 1. The van der Waals surface area contributed by atoms with Gasteiger partial charge >= 0.3 is 12.1 Å². The molecule has 1 rings (SSSR count). The van der Waals surface area contributed by atoms with Gasteiger partial charge in [-0.05, 0) is 27.2 Å². The number of aliphatic carboxylic acids is 1. The third-order valence-electron chi connectivity index (χ3n) is 2.88. The van der Waals surface area contributed by atoms with Crippen molar-refractivity contribution in [1.29, 1.82) is 0 Å². The first-order chi connectivity index (χ1) is 8.20. The van der Waals surface area contributed by atoms with Crippen molar-refractivity contribution in [2.45, 2.75) is 32.8 Å². The highest BCUT2D eigenvalue weighted by Gasteiger charge is 2.47. The maximum atomic E-state index is 11.8. The number of methoxy groups -OCH3 is 1. The Labute approximate surface area is 107 Å². The smallest absolute Gasteiger partial charge is 0.410 e. The van der Waals surface area contributed by atoms with Crippen LogP contribution < -0.4 is 0 Å². The van der Waals surface area contributed by atoms with Gasteiger partial charge in [0.15, 0.2) is 0 Å². The summed E-state index contributed by atoms with van der Waals surface area (Å²) in [6, 6.07) is 0. The zero-order valence-corrected chi connectivity index (χ0v) is 11.4. The van der Waals surface area contributed by atoms with Crippen molar-refractivity contribution in [1.82, 2.24) is 4.90 Å². The lowest BCUT2D eigenvalue weighted by Crippen LogP contribution is -2.41. The van der Waals surface area contributed by atoms with E-state index in [4.69, 9.17) is 9.47 Å². The lowest BCUT2D eigenvalue weighted by molar-refractivity contribution is -0.151. The second-order valence-electron chi connectivity index (χ2n) is 5.67. The van der Waals surface area contributed by atoms with E-state index in [-0.39, 0.29) is 13.2 Å². The van der Waals surface area contributed by atoms with Gasteiger partial charge in [0.2, 0.25) is 0 Å². The number of carboxylic acid groups (broad SMARTS) is 1. The first-order valence-corrected chi connectivity index (χ1v) is 5.90. The van der Waals surface area contributed by atoms with Crippen LogP contribution in [0.3, 0.4) is 0 Å². The number of hydrogen-bond acceptors (Lipinski definition) is 4. The standard InChI is InChI=1S/C12H21NO5/c1-11(2,3)18-10(16)13-6-5-12(7-13,8-17-4)9(14)15/h5-8H2,1-4H3,(H,14,15)/t12-/m0/s1. The molecule has 0 unspecified atom stereocenters. The molecule has 0 bridgehead atoms. The van der Waals surface area contributed by atoms with E-state index >= 15 is 0 Å². The molecule has 6 nitrogen and oxygen atoms in total. The maximum absolute atomic E-state index is 11.8. The highest BCUT2D eigenvalue weighted by molar-refractivity contribution is 5.78. The van der Waals surface area contributed by atoms with Crippen molar-refractivity contribution in [3.8, 4) is 0 Å². The van der Waals surface area contributed by atoms with Gasteiger partial charge < -0.3 is 19.5 Å². The van der Waals surface area contributed by atoms with E-state index in [0.717, 1.165) is 0 Å². The van der Waals surface area contributed by atoms with Crippen molar-refractivity contribution < 1.29 is 24.2 Å². The van der Waals surface area contributed by atoms with Crippen LogP contribution >= 0.6 is 0 Å². The van der Waals surface area contributed by atoms with E-state index in [9.17, 15) is 14.7 Å². The second-order valence-corrected chi connectivity index (χ2v) is 5.67. The van der Waals surface area contributed by atoms with Gasteiger partial charge in [0, 0.05) is 20.2 Å². The molecule has 1 aliphatic rings. The SMILES string of the molecule is COC[C@]1(C(=O)O)CCN(C(=O)OC(C)(C)C)C1. The van der Waals surface area contributed by atoms with Crippen molar-refractivity contribution in [2.75, 3.05) is 26.8 Å². The molecule has 1 amide bonds. The fourth-order valence-electron chi connectivity index (χ4n) is 1.99. The van der Waals surface area contributed by atoms with Crippen LogP contribution in [0.15, 0.2) is 0 Å². The molecule has 0 aliphatic carbocycles. The molecule has 6 heteroatoms. The Bertz CT molecular complexity index is 336. The third-order valence-corrected chi connectivity index (χ3v) is 2.88. The monoisotopic (exact) mass is 259 g/mol. The first kappa shape index (κ1) is 14.8. The first-order valence-electron chi connectivity index (χ1n) is 5.90. The summed E-state index contributed by atoms with van der Waals surface area (Å²) in [5.74, 6) is -0.935. The van der Waals surface area contributed by atoms with Gasteiger partial charge in [-0.15, -0.1) is 0 Å². The number of likely N-dealkylation sites (tertiary alicyclic amines) is 1. The van der Waals surface area contributed by atoms with Crippen LogP contribution in [0.2, 0.25) is 0 Å². The molecule has 0 aromatic heterocycles. The zero-order chi connectivity index (χ0) is 14.0. The zero-order valence-electron chi connectivity index (χ0n) is 11.4. The number of amides is 1. The van der Waals surface area contributed by atoms with Crippen LogP contribution in [-0.4, -0.2) is 54.5 Å². The van der Waals surface area contributed by atoms with E-state index in [1.807, 2.05) is 0 Å². The minimum Gasteiger partial charge on any atom is -0.481 e. The quantitative estimate of drug-likeness (QED) is 0.827. The minimum atomic E-state index is -1.01. The van der Waals surface area contributed by atoms with Crippen LogP contribution in [0.4, 0.5) is 4.79 Å². The summed E-state index contributed by atoms with van der Waals surface area (Å²) in [5.41, 5.74) is -1.58. The molecule has 1 saturated heterocycles. The molecule has 18 heavy (non-hydrogen) atoms. The van der Waals surface area contributed by atoms with Gasteiger partial charge in [0.25, 0.3) is 0 Å². The summed E-state index contributed by atoms with van der Waals surface area (Å²) >= 11 is 0. The molecule has 0 aromatic rings. The molecule has 0 aromatic carbocycles. The molecule has 1 fully saturated rings. The molecule has 0 radical (unpaired) electrons. The van der Waals surface area contributed by atoms with E-state index in [1.165, 1.54) is 12.0 Å². The summed E-state index contributed by atoms with van der Waals surface area (Å²) < 4.78 is 10.2. The predicted molar refractivity (Wildman–Crippen MR) is 64.4 cm³/mol. The number of carboxylic acids is 1. The van der Waals surface area contributed by atoms with Crippen LogP contribution in [0.5, 0.6) is 0 Å². The Balaban J connectivity index is 2.69. The van der Waals surface area contributed by atoms with Crippen molar-refractivity contribution in [3.05, 3.63) is 0 Å². The molecule has 1 N–H and O–H groups in total. The van der Waals surface area contributed by atoms with Crippen molar-refractivity contribution >= 4 is 12.1 Å². The number of carbonyl (C=O) groups excluding carboxylic acids is 1. The molecule has 1 aliphatic heterocycles. The molecule has 0 spiro atoms.